The van der Waals surface area contributed by atoms with E-state index in [-0.39, 0.29) is 5.91 Å². The summed E-state index contributed by atoms with van der Waals surface area (Å²) >= 11 is 0. The summed E-state index contributed by atoms with van der Waals surface area (Å²) in [5.74, 6) is 0.835. The SMILES string of the molecule is C[NH+]1CCN(C(=O)c2cccc(OCc3ccccc3)c2)CC1. The van der Waals surface area contributed by atoms with Gasteiger partial charge in [0.2, 0.25) is 0 Å². The summed E-state index contributed by atoms with van der Waals surface area (Å²) in [5.41, 5.74) is 1.82. The number of nitrogens with zero attached hydrogens (tertiary/aromatic N) is 1. The Hall–Kier alpha value is -2.33. The van der Waals surface area contributed by atoms with Crippen LogP contribution in [0.1, 0.15) is 15.9 Å². The van der Waals surface area contributed by atoms with Gasteiger partial charge in [0.1, 0.15) is 12.4 Å². The van der Waals surface area contributed by atoms with Gasteiger partial charge < -0.3 is 14.5 Å². The number of ether oxygens (including phenoxy) is 1. The molecule has 0 spiro atoms. The molecule has 0 saturated carbocycles. The lowest BCUT2D eigenvalue weighted by Gasteiger charge is -2.30. The van der Waals surface area contributed by atoms with Crippen LogP contribution in [0.2, 0.25) is 0 Å². The zero-order chi connectivity index (χ0) is 16.1. The van der Waals surface area contributed by atoms with Gasteiger partial charge in [-0.1, -0.05) is 36.4 Å². The number of hydrogen-bond acceptors (Lipinski definition) is 2. The molecular weight excluding hydrogens is 288 g/mol. The Balaban J connectivity index is 1.64. The Morgan fingerprint density at radius 1 is 1.09 bits per heavy atom. The van der Waals surface area contributed by atoms with Crippen molar-refractivity contribution in [1.82, 2.24) is 4.90 Å². The van der Waals surface area contributed by atoms with E-state index in [1.165, 1.54) is 4.90 Å². The van der Waals surface area contributed by atoms with E-state index in [0.29, 0.717) is 12.2 Å². The number of benzene rings is 2. The monoisotopic (exact) mass is 311 g/mol. The summed E-state index contributed by atoms with van der Waals surface area (Å²) in [4.78, 5) is 16.0. The van der Waals surface area contributed by atoms with Crippen molar-refractivity contribution in [1.29, 1.82) is 0 Å². The van der Waals surface area contributed by atoms with Crippen LogP contribution in [-0.4, -0.2) is 44.0 Å². The molecule has 1 heterocycles. The van der Waals surface area contributed by atoms with Gasteiger partial charge >= 0.3 is 0 Å². The largest absolute Gasteiger partial charge is 0.489 e. The van der Waals surface area contributed by atoms with Crippen LogP contribution in [0.5, 0.6) is 5.75 Å². The third-order valence-corrected chi connectivity index (χ3v) is 4.23. The van der Waals surface area contributed by atoms with Crippen molar-refractivity contribution in [2.75, 3.05) is 33.2 Å². The summed E-state index contributed by atoms with van der Waals surface area (Å²) in [5, 5.41) is 0. The lowest BCUT2D eigenvalue weighted by atomic mass is 10.1. The van der Waals surface area contributed by atoms with E-state index in [1.54, 1.807) is 0 Å². The van der Waals surface area contributed by atoms with Gasteiger partial charge in [-0.05, 0) is 23.8 Å². The van der Waals surface area contributed by atoms with Crippen molar-refractivity contribution >= 4 is 5.91 Å². The average molecular weight is 311 g/mol. The molecular formula is C19H23N2O2+. The minimum atomic E-state index is 0.0997. The van der Waals surface area contributed by atoms with E-state index in [0.717, 1.165) is 37.5 Å². The topological polar surface area (TPSA) is 34.0 Å². The predicted octanol–water partition coefficient (Wildman–Crippen LogP) is 1.24. The number of nitrogens with one attached hydrogen (secondary N) is 1. The second-order valence-electron chi connectivity index (χ2n) is 6.05. The number of hydrogen-bond donors (Lipinski definition) is 1. The Kier molecular flexibility index (Phi) is 4.93. The quantitative estimate of drug-likeness (QED) is 0.922. The molecule has 0 aliphatic carbocycles. The van der Waals surface area contributed by atoms with Crippen molar-refractivity contribution in [2.24, 2.45) is 0 Å². The van der Waals surface area contributed by atoms with Gasteiger partial charge in [-0.25, -0.2) is 0 Å². The van der Waals surface area contributed by atoms with Crippen LogP contribution >= 0.6 is 0 Å². The first-order valence-corrected chi connectivity index (χ1v) is 8.10. The standard InChI is InChI=1S/C19H22N2O2/c1-20-10-12-21(13-11-20)19(22)17-8-5-9-18(14-17)23-15-16-6-3-2-4-7-16/h2-9,14H,10-13,15H2,1H3/p+1. The highest BCUT2D eigenvalue weighted by molar-refractivity contribution is 5.94. The zero-order valence-electron chi connectivity index (χ0n) is 13.5. The lowest BCUT2D eigenvalue weighted by Crippen LogP contribution is -3.12. The molecule has 0 atom stereocenters. The third kappa shape index (κ3) is 4.11. The van der Waals surface area contributed by atoms with Crippen LogP contribution < -0.4 is 9.64 Å². The van der Waals surface area contributed by atoms with Crippen LogP contribution in [0.25, 0.3) is 0 Å². The molecule has 0 radical (unpaired) electrons. The van der Waals surface area contributed by atoms with Gasteiger partial charge in [-0.15, -0.1) is 0 Å². The molecule has 4 nitrogen and oxygen atoms in total. The number of carbonyl (C=O) groups is 1. The van der Waals surface area contributed by atoms with E-state index in [9.17, 15) is 4.79 Å². The molecule has 2 aromatic rings. The Morgan fingerprint density at radius 2 is 1.83 bits per heavy atom. The molecule has 1 N–H and O–H groups in total. The maximum atomic E-state index is 12.6. The third-order valence-electron chi connectivity index (χ3n) is 4.23. The molecule has 3 rings (SSSR count). The predicted molar refractivity (Wildman–Crippen MR) is 89.7 cm³/mol. The van der Waals surface area contributed by atoms with Crippen LogP contribution in [0.15, 0.2) is 54.6 Å². The molecule has 0 unspecified atom stereocenters. The Labute approximate surface area is 137 Å². The normalized spacial score (nSPS) is 15.4. The summed E-state index contributed by atoms with van der Waals surface area (Å²) in [7, 11) is 2.17. The molecule has 2 aromatic carbocycles. The lowest BCUT2D eigenvalue weighted by molar-refractivity contribution is -0.883. The highest BCUT2D eigenvalue weighted by atomic mass is 16.5. The molecule has 1 amide bonds. The summed E-state index contributed by atoms with van der Waals surface area (Å²) in [6.07, 6.45) is 0. The van der Waals surface area contributed by atoms with Crippen LogP contribution in [-0.2, 0) is 6.61 Å². The van der Waals surface area contributed by atoms with E-state index in [4.69, 9.17) is 4.74 Å². The fourth-order valence-electron chi connectivity index (χ4n) is 2.73. The average Bonchev–Trinajstić information content (AvgIpc) is 2.61. The second kappa shape index (κ2) is 7.29. The molecule has 1 saturated heterocycles. The van der Waals surface area contributed by atoms with E-state index in [2.05, 4.69) is 7.05 Å². The molecule has 1 aliphatic rings. The van der Waals surface area contributed by atoms with Gasteiger partial charge in [0.15, 0.2) is 0 Å². The van der Waals surface area contributed by atoms with Gasteiger partial charge in [-0.2, -0.15) is 0 Å². The van der Waals surface area contributed by atoms with E-state index < -0.39 is 0 Å². The fourth-order valence-corrected chi connectivity index (χ4v) is 2.73. The van der Waals surface area contributed by atoms with Gasteiger partial charge in [0, 0.05) is 5.56 Å². The first kappa shape index (κ1) is 15.6. The molecule has 120 valence electrons. The van der Waals surface area contributed by atoms with E-state index in [1.807, 2.05) is 59.5 Å². The molecule has 1 aliphatic heterocycles. The Bertz CT molecular complexity index is 649. The van der Waals surface area contributed by atoms with Crippen molar-refractivity contribution in [3.05, 3.63) is 65.7 Å². The second-order valence-corrected chi connectivity index (χ2v) is 6.05. The minimum Gasteiger partial charge on any atom is -0.489 e. The fraction of sp³-hybridized carbons (Fsp3) is 0.316. The van der Waals surface area contributed by atoms with Crippen molar-refractivity contribution in [3.8, 4) is 5.75 Å². The Morgan fingerprint density at radius 3 is 2.57 bits per heavy atom. The summed E-state index contributed by atoms with van der Waals surface area (Å²) in [6, 6.07) is 17.5. The molecule has 23 heavy (non-hydrogen) atoms. The number of quaternary nitrogens is 1. The summed E-state index contributed by atoms with van der Waals surface area (Å²) in [6.45, 7) is 4.17. The van der Waals surface area contributed by atoms with Gasteiger partial charge in [-0.3, -0.25) is 4.79 Å². The minimum absolute atomic E-state index is 0.0997. The highest BCUT2D eigenvalue weighted by Crippen LogP contribution is 2.16. The zero-order valence-corrected chi connectivity index (χ0v) is 13.5. The number of likely N-dealkylation sites (N-methyl/N-ethyl adjacent to an activating group) is 1. The van der Waals surface area contributed by atoms with Crippen LogP contribution in [0.3, 0.4) is 0 Å². The van der Waals surface area contributed by atoms with Crippen molar-refractivity contribution < 1.29 is 14.4 Å². The number of amides is 1. The first-order valence-electron chi connectivity index (χ1n) is 8.10. The first-order chi connectivity index (χ1) is 11.2. The van der Waals surface area contributed by atoms with Gasteiger partial charge in [0.25, 0.3) is 5.91 Å². The number of piperazine rings is 1. The number of carbonyl (C=O) groups excluding carboxylic acids is 1. The van der Waals surface area contributed by atoms with Gasteiger partial charge in [0.05, 0.1) is 33.2 Å². The number of rotatable bonds is 4. The smallest absolute Gasteiger partial charge is 0.254 e. The molecule has 4 heteroatoms. The van der Waals surface area contributed by atoms with Crippen molar-refractivity contribution in [2.45, 2.75) is 6.61 Å². The van der Waals surface area contributed by atoms with Crippen LogP contribution in [0.4, 0.5) is 0 Å². The van der Waals surface area contributed by atoms with Crippen molar-refractivity contribution in [3.63, 3.8) is 0 Å². The van der Waals surface area contributed by atoms with Crippen LogP contribution in [0, 0.1) is 0 Å². The molecule has 0 aromatic heterocycles. The maximum absolute atomic E-state index is 12.6. The molecule has 1 fully saturated rings. The highest BCUT2D eigenvalue weighted by Gasteiger charge is 2.22. The maximum Gasteiger partial charge on any atom is 0.254 e. The van der Waals surface area contributed by atoms with E-state index >= 15 is 0 Å². The molecule has 0 bridgehead atoms. The summed E-state index contributed by atoms with van der Waals surface area (Å²) < 4.78 is 5.81.